The highest BCUT2D eigenvalue weighted by Crippen LogP contribution is 2.30. The number of aromatic carboxylic acids is 1. The zero-order valence-corrected chi connectivity index (χ0v) is 9.95. The lowest BCUT2D eigenvalue weighted by atomic mass is 10.0. The molecule has 0 atom stereocenters. The van der Waals surface area contributed by atoms with Crippen molar-refractivity contribution < 1.29 is 32.6 Å². The molecule has 1 aromatic rings. The van der Waals surface area contributed by atoms with Crippen LogP contribution in [0.5, 0.6) is 0 Å². The molecule has 104 valence electrons. The number of hydrogen-bond acceptors (Lipinski definition) is 3. The summed E-state index contributed by atoms with van der Waals surface area (Å²) in [5.74, 6) is -2.21. The number of ether oxygens (including phenoxy) is 1. The van der Waals surface area contributed by atoms with Crippen LogP contribution in [-0.4, -0.2) is 23.7 Å². The molecule has 0 spiro atoms. The SMILES string of the molecule is CCOC(=O)Cc1ccc(C(F)(F)F)cc1C(=O)O. The van der Waals surface area contributed by atoms with E-state index in [9.17, 15) is 22.8 Å². The number of carboxylic acid groups (broad SMARTS) is 1. The molecule has 0 radical (unpaired) electrons. The van der Waals surface area contributed by atoms with E-state index in [1.54, 1.807) is 6.92 Å². The van der Waals surface area contributed by atoms with Crippen LogP contribution in [0.3, 0.4) is 0 Å². The van der Waals surface area contributed by atoms with Crippen LogP contribution >= 0.6 is 0 Å². The zero-order chi connectivity index (χ0) is 14.6. The third kappa shape index (κ3) is 3.97. The molecule has 0 aliphatic carbocycles. The standard InChI is InChI=1S/C12H11F3O4/c1-2-19-10(16)5-7-3-4-8(12(13,14)15)6-9(7)11(17)18/h3-4,6H,2,5H2,1H3,(H,17,18). The Morgan fingerprint density at radius 2 is 1.95 bits per heavy atom. The molecule has 1 N–H and O–H groups in total. The van der Waals surface area contributed by atoms with Crippen molar-refractivity contribution in [3.8, 4) is 0 Å². The molecule has 0 unspecified atom stereocenters. The molecular weight excluding hydrogens is 265 g/mol. The average molecular weight is 276 g/mol. The lowest BCUT2D eigenvalue weighted by molar-refractivity contribution is -0.142. The maximum absolute atomic E-state index is 12.5. The van der Waals surface area contributed by atoms with Gasteiger partial charge in [0.2, 0.25) is 0 Å². The van der Waals surface area contributed by atoms with Gasteiger partial charge in [-0.25, -0.2) is 4.79 Å². The first-order valence-corrected chi connectivity index (χ1v) is 5.34. The first-order chi connectivity index (χ1) is 8.75. The smallest absolute Gasteiger partial charge is 0.416 e. The van der Waals surface area contributed by atoms with Gasteiger partial charge in [0.1, 0.15) is 0 Å². The lowest BCUT2D eigenvalue weighted by Gasteiger charge is -2.10. The van der Waals surface area contributed by atoms with E-state index in [1.807, 2.05) is 0 Å². The number of esters is 1. The fourth-order valence-corrected chi connectivity index (χ4v) is 1.47. The summed E-state index contributed by atoms with van der Waals surface area (Å²) < 4.78 is 42.0. The van der Waals surface area contributed by atoms with Crippen LogP contribution in [-0.2, 0) is 22.1 Å². The molecule has 1 rings (SSSR count). The number of alkyl halides is 3. The van der Waals surface area contributed by atoms with Crippen molar-refractivity contribution in [2.24, 2.45) is 0 Å². The van der Waals surface area contributed by atoms with Crippen LogP contribution in [0.4, 0.5) is 13.2 Å². The molecule has 0 saturated heterocycles. The summed E-state index contributed by atoms with van der Waals surface area (Å²) in [5, 5.41) is 8.88. The molecule has 0 aliphatic heterocycles. The Bertz CT molecular complexity index is 494. The number of halogens is 3. The second-order valence-corrected chi connectivity index (χ2v) is 3.66. The van der Waals surface area contributed by atoms with Crippen molar-refractivity contribution in [1.29, 1.82) is 0 Å². The van der Waals surface area contributed by atoms with Crippen molar-refractivity contribution in [1.82, 2.24) is 0 Å². The van der Waals surface area contributed by atoms with Crippen LogP contribution in [0.1, 0.15) is 28.4 Å². The van der Waals surface area contributed by atoms with Gasteiger partial charge in [0, 0.05) is 0 Å². The van der Waals surface area contributed by atoms with Gasteiger partial charge in [0.15, 0.2) is 0 Å². The molecule has 0 heterocycles. The summed E-state index contributed by atoms with van der Waals surface area (Å²) in [4.78, 5) is 22.2. The van der Waals surface area contributed by atoms with E-state index in [2.05, 4.69) is 4.74 Å². The maximum Gasteiger partial charge on any atom is 0.416 e. The summed E-state index contributed by atoms with van der Waals surface area (Å²) >= 11 is 0. The third-order valence-electron chi connectivity index (χ3n) is 2.31. The fraction of sp³-hybridized carbons (Fsp3) is 0.333. The molecule has 4 nitrogen and oxygen atoms in total. The molecule has 0 fully saturated rings. The fourth-order valence-electron chi connectivity index (χ4n) is 1.47. The zero-order valence-electron chi connectivity index (χ0n) is 9.95. The highest BCUT2D eigenvalue weighted by molar-refractivity contribution is 5.91. The summed E-state index contributed by atoms with van der Waals surface area (Å²) in [7, 11) is 0. The Morgan fingerprint density at radius 3 is 2.42 bits per heavy atom. The lowest BCUT2D eigenvalue weighted by Crippen LogP contribution is -2.14. The van der Waals surface area contributed by atoms with E-state index < -0.39 is 29.2 Å². The van der Waals surface area contributed by atoms with Gasteiger partial charge in [-0.15, -0.1) is 0 Å². The largest absolute Gasteiger partial charge is 0.478 e. The number of benzene rings is 1. The van der Waals surface area contributed by atoms with Gasteiger partial charge in [-0.3, -0.25) is 4.79 Å². The van der Waals surface area contributed by atoms with Crippen LogP contribution in [0.25, 0.3) is 0 Å². The van der Waals surface area contributed by atoms with E-state index in [4.69, 9.17) is 5.11 Å². The van der Waals surface area contributed by atoms with Crippen molar-refractivity contribution in [2.75, 3.05) is 6.61 Å². The monoisotopic (exact) mass is 276 g/mol. The number of carboxylic acids is 1. The summed E-state index contributed by atoms with van der Waals surface area (Å²) in [5.41, 5.74) is -1.64. The van der Waals surface area contributed by atoms with Crippen molar-refractivity contribution in [2.45, 2.75) is 19.5 Å². The van der Waals surface area contributed by atoms with E-state index in [-0.39, 0.29) is 18.6 Å². The van der Waals surface area contributed by atoms with Crippen LogP contribution < -0.4 is 0 Å². The molecule has 0 aliphatic rings. The second kappa shape index (κ2) is 5.73. The van der Waals surface area contributed by atoms with E-state index >= 15 is 0 Å². The van der Waals surface area contributed by atoms with Gasteiger partial charge in [0.25, 0.3) is 0 Å². The average Bonchev–Trinajstić information content (AvgIpc) is 2.27. The topological polar surface area (TPSA) is 63.6 Å². The molecule has 1 aromatic carbocycles. The Balaban J connectivity index is 3.12. The third-order valence-corrected chi connectivity index (χ3v) is 2.31. The highest BCUT2D eigenvalue weighted by atomic mass is 19.4. The molecule has 0 saturated carbocycles. The summed E-state index contributed by atoms with van der Waals surface area (Å²) in [6.45, 7) is 1.69. The number of rotatable bonds is 4. The number of hydrogen-bond donors (Lipinski definition) is 1. The van der Waals surface area contributed by atoms with Gasteiger partial charge in [-0.05, 0) is 24.6 Å². The summed E-state index contributed by atoms with van der Waals surface area (Å²) in [6, 6.07) is 2.22. The van der Waals surface area contributed by atoms with Crippen LogP contribution in [0, 0.1) is 0 Å². The van der Waals surface area contributed by atoms with Gasteiger partial charge < -0.3 is 9.84 Å². The minimum atomic E-state index is -4.63. The van der Waals surface area contributed by atoms with Gasteiger partial charge in [-0.2, -0.15) is 13.2 Å². The number of carbonyl (C=O) groups is 2. The van der Waals surface area contributed by atoms with E-state index in [1.165, 1.54) is 0 Å². The maximum atomic E-state index is 12.5. The van der Waals surface area contributed by atoms with Gasteiger partial charge in [-0.1, -0.05) is 6.07 Å². The van der Waals surface area contributed by atoms with E-state index in [0.717, 1.165) is 12.1 Å². The van der Waals surface area contributed by atoms with Gasteiger partial charge >= 0.3 is 18.1 Å². The Morgan fingerprint density at radius 1 is 1.32 bits per heavy atom. The summed E-state index contributed by atoms with van der Waals surface area (Å²) in [6.07, 6.45) is -5.01. The highest BCUT2D eigenvalue weighted by Gasteiger charge is 2.32. The Kier molecular flexibility index (Phi) is 4.52. The minimum absolute atomic E-state index is 0.0149. The van der Waals surface area contributed by atoms with Crippen molar-refractivity contribution >= 4 is 11.9 Å². The molecule has 0 aromatic heterocycles. The molecule has 0 bridgehead atoms. The number of carbonyl (C=O) groups excluding carboxylic acids is 1. The first kappa shape index (κ1) is 15.0. The van der Waals surface area contributed by atoms with Crippen LogP contribution in [0.15, 0.2) is 18.2 Å². The predicted octanol–water partition coefficient (Wildman–Crippen LogP) is 2.51. The normalized spacial score (nSPS) is 11.2. The molecule has 0 amide bonds. The quantitative estimate of drug-likeness (QED) is 0.858. The van der Waals surface area contributed by atoms with Crippen LogP contribution in [0.2, 0.25) is 0 Å². The first-order valence-electron chi connectivity index (χ1n) is 5.34. The molecular formula is C12H11F3O4. The Hall–Kier alpha value is -2.05. The van der Waals surface area contributed by atoms with Crippen molar-refractivity contribution in [3.63, 3.8) is 0 Å². The minimum Gasteiger partial charge on any atom is -0.478 e. The van der Waals surface area contributed by atoms with E-state index in [0.29, 0.717) is 6.07 Å². The second-order valence-electron chi connectivity index (χ2n) is 3.66. The predicted molar refractivity (Wildman–Crippen MR) is 58.7 cm³/mol. The molecule has 7 heteroatoms. The van der Waals surface area contributed by atoms with Crippen molar-refractivity contribution in [3.05, 3.63) is 34.9 Å². The molecule has 19 heavy (non-hydrogen) atoms. The van der Waals surface area contributed by atoms with Gasteiger partial charge in [0.05, 0.1) is 24.2 Å². The Labute approximate surface area is 106 Å².